The van der Waals surface area contributed by atoms with Gasteiger partial charge in [-0.3, -0.25) is 81.5 Å². The summed E-state index contributed by atoms with van der Waals surface area (Å²) in [6.07, 6.45) is -4.07. The highest BCUT2D eigenvalue weighted by molar-refractivity contribution is 7.80. The zero-order chi connectivity index (χ0) is 81.6. The summed E-state index contributed by atoms with van der Waals surface area (Å²) in [4.78, 5) is 235. The minimum Gasteiger partial charge on any atom is -0.508 e. The molecule has 0 radical (unpaired) electrons. The van der Waals surface area contributed by atoms with Crippen molar-refractivity contribution in [2.75, 3.05) is 18.1 Å². The molecule has 40 heteroatoms. The number of aliphatic hydroxyl groups excluding tert-OH is 1. The third-order valence-corrected chi connectivity index (χ3v) is 17.7. The normalized spacial score (nSPS) is 14.4. The predicted octanol–water partition coefficient (Wildman–Crippen LogP) is -5.11. The Bertz CT molecular complexity index is 4170. The van der Waals surface area contributed by atoms with Crippen LogP contribution < -0.4 is 86.7 Å². The van der Waals surface area contributed by atoms with Crippen molar-refractivity contribution in [2.45, 2.75) is 171 Å². The number of carbonyl (C=O) groups excluding carboxylic acids is 16. The number of nitrogens with one attached hydrogen (secondary N) is 14. The van der Waals surface area contributed by atoms with Crippen LogP contribution in [0.1, 0.15) is 95.8 Å². The van der Waals surface area contributed by atoms with E-state index in [-0.39, 0.29) is 37.2 Å². The molecule has 12 atom stereocenters. The molecule has 0 saturated heterocycles. The van der Waals surface area contributed by atoms with Gasteiger partial charge in [0, 0.05) is 91.2 Å². The monoisotopic (exact) mass is 1570 g/mol. The lowest BCUT2D eigenvalue weighted by Crippen LogP contribution is -2.62. The maximum Gasteiger partial charge on any atom is 0.303 e. The minimum atomic E-state index is -1.92. The topological polar surface area (TPSA) is 631 Å². The van der Waals surface area contributed by atoms with Crippen molar-refractivity contribution in [1.29, 1.82) is 0 Å². The number of H-pyrrole nitrogens is 2. The molecule has 2 heterocycles. The molecule has 3 aromatic carbocycles. The number of carbonyl (C=O) groups is 17. The summed E-state index contributed by atoms with van der Waals surface area (Å²) in [5.41, 5.74) is 23.8. The first kappa shape index (κ1) is 88.8. The number of nitrogens with two attached hydrogens (primary N) is 4. The van der Waals surface area contributed by atoms with Gasteiger partial charge in [-0.2, -0.15) is 25.3 Å². The fourth-order valence-corrected chi connectivity index (χ4v) is 11.8. The SMILES string of the molecule is CC(=O)N[C@@H](CS)C(=O)N[C@@H](CCC(N)=O)C(=O)N[C@H](C(=O)N[C@@H](Cc1c[nH]c2ccccc12)C(=O)N[C@@H](CCC(N)=O)C(=O)N[C@@H](CS)C(=O)N[C@@H](Cc1ccc(O)cc1)C(=O)N[C@@H](Cc1c[nH]c2ccccc12)C(=O)N[C@@H](CC(C)C)C(=O)N[C@@H](CCC(=O)O)C(=O)N[C@@H](CC(N)=O)C(=O)NCC(N)=O)[C@@H](C)O. The van der Waals surface area contributed by atoms with Crippen molar-refractivity contribution in [3.63, 3.8) is 0 Å². The number of phenolic OH excluding ortho intramolecular Hbond substituents is 1. The van der Waals surface area contributed by atoms with Gasteiger partial charge in [0.25, 0.3) is 0 Å². The maximum atomic E-state index is 15.1. The molecule has 5 aromatic rings. The molecule has 0 spiro atoms. The molecule has 110 heavy (non-hydrogen) atoms. The van der Waals surface area contributed by atoms with E-state index in [4.69, 9.17) is 22.9 Å². The molecule has 0 bridgehead atoms. The Morgan fingerprint density at radius 3 is 1.21 bits per heavy atom. The number of aliphatic carboxylic acids is 1. The van der Waals surface area contributed by atoms with E-state index in [9.17, 15) is 87.2 Å². The molecule has 38 nitrogen and oxygen atoms in total. The summed E-state index contributed by atoms with van der Waals surface area (Å²) in [6, 6.07) is 0.634. The van der Waals surface area contributed by atoms with Crippen LogP contribution in [-0.2, 0) is 101 Å². The lowest BCUT2D eigenvalue weighted by molar-refractivity contribution is -0.139. The Morgan fingerprint density at radius 2 is 0.791 bits per heavy atom. The molecule has 0 unspecified atom stereocenters. The number of benzene rings is 3. The van der Waals surface area contributed by atoms with Gasteiger partial charge in [-0.1, -0.05) is 62.4 Å². The number of aromatic nitrogens is 2. The zero-order valence-corrected chi connectivity index (χ0v) is 62.3. The van der Waals surface area contributed by atoms with E-state index in [1.54, 1.807) is 68.6 Å². The Hall–Kier alpha value is -11.8. The van der Waals surface area contributed by atoms with Crippen molar-refractivity contribution < 1.29 is 96.8 Å². The van der Waals surface area contributed by atoms with E-state index in [2.05, 4.69) is 99.0 Å². The highest BCUT2D eigenvalue weighted by Gasteiger charge is 2.39. The van der Waals surface area contributed by atoms with Crippen LogP contribution in [0.25, 0.3) is 21.8 Å². The van der Waals surface area contributed by atoms with Gasteiger partial charge in [0.1, 0.15) is 72.2 Å². The van der Waals surface area contributed by atoms with Crippen molar-refractivity contribution in [3.05, 3.63) is 102 Å². The van der Waals surface area contributed by atoms with Gasteiger partial charge >= 0.3 is 5.97 Å². The number of carboxylic acids is 1. The van der Waals surface area contributed by atoms with E-state index in [1.165, 1.54) is 30.5 Å². The van der Waals surface area contributed by atoms with Crippen molar-refractivity contribution in [2.24, 2.45) is 28.9 Å². The highest BCUT2D eigenvalue weighted by atomic mass is 32.1. The summed E-state index contributed by atoms with van der Waals surface area (Å²) < 4.78 is 0. The number of primary amides is 4. The number of hydrogen-bond donors (Lipinski definition) is 23. The third-order valence-electron chi connectivity index (χ3n) is 16.9. The summed E-state index contributed by atoms with van der Waals surface area (Å²) >= 11 is 8.43. The van der Waals surface area contributed by atoms with Crippen LogP contribution in [0.15, 0.2) is 85.2 Å². The summed E-state index contributed by atoms with van der Waals surface area (Å²) in [7, 11) is 0. The number of fused-ring (bicyclic) bond motifs is 2. The van der Waals surface area contributed by atoms with Gasteiger partial charge in [-0.05, 0) is 79.5 Å². The Morgan fingerprint density at radius 1 is 0.418 bits per heavy atom. The molecule has 16 amide bonds. The maximum absolute atomic E-state index is 15.1. The Labute approximate surface area is 640 Å². The van der Waals surface area contributed by atoms with Crippen LogP contribution in [0.2, 0.25) is 0 Å². The van der Waals surface area contributed by atoms with Crippen molar-refractivity contribution in [1.82, 2.24) is 73.8 Å². The first-order valence-electron chi connectivity index (χ1n) is 34.7. The second-order valence-electron chi connectivity index (χ2n) is 26.3. The zero-order valence-electron chi connectivity index (χ0n) is 60.5. The minimum absolute atomic E-state index is 0.161. The standard InChI is InChI=1S/C70H94N18O20S2/c1-33(2)23-47(64(102)80-46(19-22-58(96)97)61(99)85-51(27-56(73)94)60(98)77-30-57(74)95)82-67(105)49(25-37-28-75-42-11-7-5-9-40(37)42)84-65(103)48(24-36-13-15-39(91)16-14-36)83-69(107)53(32-110)87-62(100)44(17-20-54(71)92)79-66(104)50(26-38-29-76-43-12-8-6-10-41(38)43)86-70(108)59(34(3)89)88-63(101)45(18-21-55(72)93)81-68(106)52(31-109)78-35(4)90/h5-16,28-29,33-34,44-53,59,75-76,89,91,109-110H,17-27,30-32H2,1-4H3,(H2,71,92)(H2,72,93)(H2,73,94)(H2,74,95)(H,77,98)(H,78,90)(H,79,104)(H,80,102)(H,81,106)(H,82,105)(H,83,107)(H,84,103)(H,85,99)(H,86,108)(H,87,100)(H,88,101)(H,96,97)/t34-,44+,45+,46+,47+,48+,49+,50+,51+,52+,53+,59+/m1/s1. The number of carboxylic acid groups (broad SMARTS) is 1. The fourth-order valence-electron chi connectivity index (χ4n) is 11.3. The molecule has 5 rings (SSSR count). The quantitative estimate of drug-likeness (QED) is 0.0162. The van der Waals surface area contributed by atoms with Crippen LogP contribution >= 0.6 is 25.3 Å². The second-order valence-corrected chi connectivity index (χ2v) is 27.1. The first-order chi connectivity index (χ1) is 52.0. The molecule has 0 saturated carbocycles. The third kappa shape index (κ3) is 28.7. The number of aromatic amines is 2. The lowest BCUT2D eigenvalue weighted by Gasteiger charge is -2.29. The number of hydrogen-bond acceptors (Lipinski definition) is 21. The van der Waals surface area contributed by atoms with E-state index in [0.29, 0.717) is 38.5 Å². The molecule has 0 aliphatic heterocycles. The molecule has 25 N–H and O–H groups in total. The first-order valence-corrected chi connectivity index (χ1v) is 35.9. The molecular weight excluding hydrogens is 1480 g/mol. The summed E-state index contributed by atoms with van der Waals surface area (Å²) in [5, 5.41) is 61.3. The van der Waals surface area contributed by atoms with Gasteiger partial charge in [0.15, 0.2) is 0 Å². The Balaban J connectivity index is 1.47. The number of rotatable bonds is 46. The van der Waals surface area contributed by atoms with Gasteiger partial charge < -0.3 is 112 Å². The molecular formula is C70H94N18O20S2. The lowest BCUT2D eigenvalue weighted by atomic mass is 9.99. The summed E-state index contributed by atoms with van der Waals surface area (Å²) in [6.45, 7) is 4.87. The number of phenols is 1. The van der Waals surface area contributed by atoms with E-state index < -0.39 is 236 Å². The van der Waals surface area contributed by atoms with E-state index in [1.807, 2.05) is 0 Å². The molecule has 0 fully saturated rings. The largest absolute Gasteiger partial charge is 0.508 e. The van der Waals surface area contributed by atoms with Crippen LogP contribution in [0.5, 0.6) is 5.75 Å². The van der Waals surface area contributed by atoms with Crippen molar-refractivity contribution >= 4 is 148 Å². The van der Waals surface area contributed by atoms with Crippen LogP contribution in [0.3, 0.4) is 0 Å². The number of thiol groups is 2. The molecule has 0 aliphatic carbocycles. The smallest absolute Gasteiger partial charge is 0.303 e. The fraction of sp³-hybridized carbons (Fsp3) is 0.443. The predicted molar refractivity (Wildman–Crippen MR) is 401 cm³/mol. The number of aromatic hydroxyl groups is 1. The van der Waals surface area contributed by atoms with Gasteiger partial charge in [0.05, 0.1) is 19.1 Å². The average molecular weight is 1570 g/mol. The number of aliphatic hydroxyl groups is 1. The van der Waals surface area contributed by atoms with Gasteiger partial charge in [-0.25, -0.2) is 0 Å². The molecule has 2 aromatic heterocycles. The number of para-hydroxylation sites is 2. The van der Waals surface area contributed by atoms with E-state index in [0.717, 1.165) is 13.8 Å². The van der Waals surface area contributed by atoms with E-state index >= 15 is 9.59 Å². The Kier molecular flexibility index (Phi) is 34.9. The average Bonchev–Trinajstić information content (AvgIpc) is 1.65. The molecule has 0 aliphatic rings. The van der Waals surface area contributed by atoms with Gasteiger partial charge in [0.2, 0.25) is 94.5 Å². The van der Waals surface area contributed by atoms with Crippen LogP contribution in [-0.4, -0.2) is 216 Å². The van der Waals surface area contributed by atoms with Crippen LogP contribution in [0, 0.1) is 5.92 Å². The second kappa shape index (κ2) is 43.3. The van der Waals surface area contributed by atoms with Gasteiger partial charge in [-0.15, -0.1) is 0 Å². The van der Waals surface area contributed by atoms with Crippen LogP contribution in [0.4, 0.5) is 0 Å². The number of amides is 16. The summed E-state index contributed by atoms with van der Waals surface area (Å²) in [5.74, 6) is -19.3. The van der Waals surface area contributed by atoms with Crippen molar-refractivity contribution in [3.8, 4) is 5.75 Å². The molecule has 596 valence electrons. The highest BCUT2D eigenvalue weighted by Crippen LogP contribution is 2.23.